The van der Waals surface area contributed by atoms with Crippen LogP contribution in [0.3, 0.4) is 0 Å². The Morgan fingerprint density at radius 3 is 2.40 bits per heavy atom. The number of aromatic amines is 1. The molecule has 206 valence electrons. The minimum absolute atomic E-state index is 0.0961. The van der Waals surface area contributed by atoms with E-state index in [9.17, 15) is 14.7 Å². The minimum Gasteiger partial charge on any atom is -0.507 e. The third-order valence-corrected chi connectivity index (χ3v) is 6.43. The van der Waals surface area contributed by atoms with Crippen molar-refractivity contribution >= 4 is 34.4 Å². The molecule has 0 aliphatic carbocycles. The number of aromatic nitrogens is 3. The molecule has 4 aromatic rings. The number of fused-ring (bicyclic) bond motifs is 1. The van der Waals surface area contributed by atoms with Crippen LogP contribution in [0.15, 0.2) is 60.3 Å². The predicted molar refractivity (Wildman–Crippen MR) is 147 cm³/mol. The number of nitrogens with zero attached hydrogens (tertiary/aromatic N) is 3. The highest BCUT2D eigenvalue weighted by atomic mass is 16.5. The van der Waals surface area contributed by atoms with Gasteiger partial charge < -0.3 is 29.0 Å². The summed E-state index contributed by atoms with van der Waals surface area (Å²) in [6.07, 6.45) is 1.55. The van der Waals surface area contributed by atoms with Crippen molar-refractivity contribution in [2.45, 2.75) is 19.9 Å². The minimum atomic E-state index is -1.08. The van der Waals surface area contributed by atoms with Crippen molar-refractivity contribution in [3.8, 4) is 23.0 Å². The molecule has 2 aromatic carbocycles. The van der Waals surface area contributed by atoms with Crippen LogP contribution in [0.4, 0.5) is 5.95 Å². The number of aliphatic hydroxyl groups is 1. The van der Waals surface area contributed by atoms with Gasteiger partial charge in [0.1, 0.15) is 23.3 Å². The molecule has 11 heteroatoms. The van der Waals surface area contributed by atoms with E-state index in [1.54, 1.807) is 61.7 Å². The molecule has 0 radical (unpaired) electrons. The number of ether oxygens (including phenoxy) is 4. The number of H-pyrrole nitrogens is 1. The number of ketones is 1. The Bertz CT molecular complexity index is 1570. The Hall–Kier alpha value is -5.06. The van der Waals surface area contributed by atoms with Crippen LogP contribution in [0, 0.1) is 0 Å². The molecule has 0 spiro atoms. The molecule has 5 rings (SSSR count). The molecule has 11 nitrogen and oxygen atoms in total. The Labute approximate surface area is 230 Å². The maximum absolute atomic E-state index is 13.6. The number of amides is 1. The fraction of sp³-hybridized carbons (Fsp3) is 0.241. The number of Topliss-reactive ketones (excluding diaryl/α,β-unsaturated/α-hetero) is 1. The van der Waals surface area contributed by atoms with Crippen molar-refractivity contribution in [3.05, 3.63) is 71.6 Å². The van der Waals surface area contributed by atoms with Gasteiger partial charge in [0.2, 0.25) is 5.95 Å². The van der Waals surface area contributed by atoms with Crippen LogP contribution in [-0.2, 0) is 9.59 Å². The van der Waals surface area contributed by atoms with Crippen LogP contribution < -0.4 is 23.8 Å². The molecule has 1 fully saturated rings. The first-order valence-corrected chi connectivity index (χ1v) is 12.6. The standard InChI is InChI=1S/C29H28N4O7/c1-5-39-16-10-11-17(21(13-16)40-6-2)26(34)24-25(18-9-7-8-12-30-18)33(28(36)27(24)35)29-31-19-14-22(37-3)23(38-4)15-20(19)32-29/h7-15,25,34H,5-6H2,1-4H3,(H,31,32)/b26-24+. The van der Waals surface area contributed by atoms with Gasteiger partial charge in [-0.3, -0.25) is 19.5 Å². The monoisotopic (exact) mass is 544 g/mol. The normalized spacial score (nSPS) is 16.4. The smallest absolute Gasteiger partial charge is 0.302 e. The number of aliphatic hydroxyl groups excluding tert-OH is 1. The van der Waals surface area contributed by atoms with Gasteiger partial charge in [0.05, 0.1) is 55.3 Å². The molecule has 2 N–H and O–H groups in total. The zero-order valence-electron chi connectivity index (χ0n) is 22.4. The number of methoxy groups -OCH3 is 2. The van der Waals surface area contributed by atoms with Gasteiger partial charge >= 0.3 is 5.91 Å². The number of pyridine rings is 1. The number of imidazole rings is 1. The zero-order valence-corrected chi connectivity index (χ0v) is 22.4. The highest BCUT2D eigenvalue weighted by molar-refractivity contribution is 6.51. The fourth-order valence-corrected chi connectivity index (χ4v) is 4.68. The van der Waals surface area contributed by atoms with Crippen molar-refractivity contribution in [3.63, 3.8) is 0 Å². The SMILES string of the molecule is CCOc1ccc(/C(O)=C2\C(=O)C(=O)N(c3nc4cc(OC)c(OC)cc4[nH]3)C2c2ccccn2)c(OCC)c1. The molecule has 1 saturated heterocycles. The van der Waals surface area contributed by atoms with Crippen molar-refractivity contribution < 1.29 is 33.6 Å². The molecule has 2 aromatic heterocycles. The van der Waals surface area contributed by atoms with E-state index >= 15 is 0 Å². The molecule has 40 heavy (non-hydrogen) atoms. The van der Waals surface area contributed by atoms with Crippen molar-refractivity contribution in [2.75, 3.05) is 32.3 Å². The number of nitrogens with one attached hydrogen (secondary N) is 1. The van der Waals surface area contributed by atoms with Crippen molar-refractivity contribution in [2.24, 2.45) is 0 Å². The quantitative estimate of drug-likeness (QED) is 0.178. The number of hydrogen-bond donors (Lipinski definition) is 2. The van der Waals surface area contributed by atoms with Crippen LogP contribution in [0.1, 0.15) is 31.1 Å². The largest absolute Gasteiger partial charge is 0.507 e. The first kappa shape index (κ1) is 26.5. The van der Waals surface area contributed by atoms with Gasteiger partial charge in [0.15, 0.2) is 11.5 Å². The summed E-state index contributed by atoms with van der Waals surface area (Å²) in [5.41, 5.74) is 1.49. The molecule has 1 aliphatic rings. The van der Waals surface area contributed by atoms with Crippen molar-refractivity contribution in [1.82, 2.24) is 15.0 Å². The van der Waals surface area contributed by atoms with Gasteiger partial charge in [-0.1, -0.05) is 6.07 Å². The topological polar surface area (TPSA) is 136 Å². The van der Waals surface area contributed by atoms with Crippen LogP contribution in [0.2, 0.25) is 0 Å². The van der Waals surface area contributed by atoms with E-state index in [-0.39, 0.29) is 17.1 Å². The summed E-state index contributed by atoms with van der Waals surface area (Å²) in [5.74, 6) is -0.305. The van der Waals surface area contributed by atoms with Crippen LogP contribution in [0.25, 0.3) is 16.8 Å². The Kier molecular flexibility index (Phi) is 7.28. The van der Waals surface area contributed by atoms with Crippen molar-refractivity contribution in [1.29, 1.82) is 0 Å². The third kappa shape index (κ3) is 4.55. The van der Waals surface area contributed by atoms with Crippen LogP contribution >= 0.6 is 0 Å². The number of benzene rings is 2. The van der Waals surface area contributed by atoms with E-state index < -0.39 is 23.5 Å². The summed E-state index contributed by atoms with van der Waals surface area (Å²) in [4.78, 5) is 40.4. The van der Waals surface area contributed by atoms with Crippen LogP contribution in [-0.4, -0.2) is 59.2 Å². The number of hydrogen-bond acceptors (Lipinski definition) is 9. The lowest BCUT2D eigenvalue weighted by atomic mass is 9.98. The summed E-state index contributed by atoms with van der Waals surface area (Å²) in [6.45, 7) is 4.40. The second kappa shape index (κ2) is 11.0. The second-order valence-electron chi connectivity index (χ2n) is 8.73. The molecule has 0 saturated carbocycles. The fourth-order valence-electron chi connectivity index (χ4n) is 4.68. The molecular weight excluding hydrogens is 516 g/mol. The Morgan fingerprint density at radius 2 is 1.73 bits per heavy atom. The average molecular weight is 545 g/mol. The first-order valence-electron chi connectivity index (χ1n) is 12.6. The third-order valence-electron chi connectivity index (χ3n) is 6.43. The molecule has 1 atom stereocenters. The number of carbonyl (C=O) groups excluding carboxylic acids is 2. The molecule has 1 amide bonds. The molecular formula is C29H28N4O7. The average Bonchev–Trinajstić information content (AvgIpc) is 3.50. The summed E-state index contributed by atoms with van der Waals surface area (Å²) >= 11 is 0. The Morgan fingerprint density at radius 1 is 0.975 bits per heavy atom. The van der Waals surface area contributed by atoms with E-state index in [1.807, 2.05) is 6.92 Å². The van der Waals surface area contributed by atoms with E-state index in [1.165, 1.54) is 19.1 Å². The zero-order chi connectivity index (χ0) is 28.4. The molecule has 0 bridgehead atoms. The summed E-state index contributed by atoms with van der Waals surface area (Å²) in [5, 5.41) is 11.6. The summed E-state index contributed by atoms with van der Waals surface area (Å²) in [6, 6.07) is 12.3. The summed E-state index contributed by atoms with van der Waals surface area (Å²) < 4.78 is 22.1. The first-order chi connectivity index (χ1) is 19.4. The molecule has 1 aliphatic heterocycles. The lowest BCUT2D eigenvalue weighted by molar-refractivity contribution is -0.132. The van der Waals surface area contributed by atoms with Gasteiger partial charge in [-0.25, -0.2) is 4.98 Å². The number of anilines is 1. The number of rotatable bonds is 9. The van der Waals surface area contributed by atoms with Gasteiger partial charge in [-0.15, -0.1) is 0 Å². The maximum Gasteiger partial charge on any atom is 0.302 e. The Balaban J connectivity index is 1.70. The molecule has 1 unspecified atom stereocenters. The van der Waals surface area contributed by atoms with E-state index in [4.69, 9.17) is 18.9 Å². The highest BCUT2D eigenvalue weighted by Gasteiger charge is 2.49. The van der Waals surface area contributed by atoms with E-state index in [0.717, 1.165) is 0 Å². The second-order valence-corrected chi connectivity index (χ2v) is 8.73. The highest BCUT2D eigenvalue weighted by Crippen LogP contribution is 2.43. The lowest BCUT2D eigenvalue weighted by Gasteiger charge is -2.22. The van der Waals surface area contributed by atoms with E-state index in [0.29, 0.717) is 52.9 Å². The van der Waals surface area contributed by atoms with Gasteiger partial charge in [0.25, 0.3) is 5.78 Å². The number of carbonyl (C=O) groups is 2. The van der Waals surface area contributed by atoms with E-state index in [2.05, 4.69) is 15.0 Å². The predicted octanol–water partition coefficient (Wildman–Crippen LogP) is 4.40. The van der Waals surface area contributed by atoms with Gasteiger partial charge in [-0.2, -0.15) is 0 Å². The molecule has 3 heterocycles. The lowest BCUT2D eigenvalue weighted by Crippen LogP contribution is -2.30. The van der Waals surface area contributed by atoms with Gasteiger partial charge in [0, 0.05) is 24.4 Å². The summed E-state index contributed by atoms with van der Waals surface area (Å²) in [7, 11) is 3.02. The van der Waals surface area contributed by atoms with Gasteiger partial charge in [-0.05, 0) is 38.1 Å². The maximum atomic E-state index is 13.6. The van der Waals surface area contributed by atoms with Crippen LogP contribution in [0.5, 0.6) is 23.0 Å².